The molecule has 0 saturated carbocycles. The Morgan fingerprint density at radius 1 is 1.47 bits per heavy atom. The minimum absolute atomic E-state index is 0.411. The Hall–Kier alpha value is -0.650. The number of rotatable bonds is 3. The number of ether oxygens (including phenoxy) is 2. The lowest BCUT2D eigenvalue weighted by molar-refractivity contribution is -0.168. The quantitative estimate of drug-likeness (QED) is 0.630. The number of methoxy groups -OCH3 is 1. The molecule has 0 aromatic rings. The maximum Gasteiger partial charge on any atom is 0.326 e. The molecule has 1 saturated heterocycles. The van der Waals surface area contributed by atoms with Crippen LogP contribution in [-0.2, 0) is 14.3 Å². The van der Waals surface area contributed by atoms with E-state index in [1.54, 1.807) is 7.11 Å². The van der Waals surface area contributed by atoms with Crippen molar-refractivity contribution in [2.45, 2.75) is 38.0 Å². The van der Waals surface area contributed by atoms with Crippen molar-refractivity contribution in [2.75, 3.05) is 20.2 Å². The van der Waals surface area contributed by atoms with Gasteiger partial charge in [0, 0.05) is 20.2 Å². The van der Waals surface area contributed by atoms with Crippen LogP contribution in [-0.4, -0.2) is 43.4 Å². The van der Waals surface area contributed by atoms with Crippen LogP contribution in [0.5, 0.6) is 0 Å². The number of esters is 1. The van der Waals surface area contributed by atoms with Crippen molar-refractivity contribution in [1.82, 2.24) is 5.32 Å². The van der Waals surface area contributed by atoms with Crippen molar-refractivity contribution in [3.8, 4) is 0 Å². The maximum absolute atomic E-state index is 11.7. The van der Waals surface area contributed by atoms with Crippen molar-refractivity contribution in [2.24, 2.45) is 5.73 Å². The summed E-state index contributed by atoms with van der Waals surface area (Å²) in [5.41, 5.74) is 4.73. The monoisotopic (exact) mass is 216 g/mol. The average Bonchev–Trinajstić information content (AvgIpc) is 1.99. The van der Waals surface area contributed by atoms with E-state index in [-0.39, 0.29) is 0 Å². The van der Waals surface area contributed by atoms with Crippen LogP contribution in [0, 0.1) is 0 Å². The summed E-state index contributed by atoms with van der Waals surface area (Å²) in [6.07, 6.45) is 0. The van der Waals surface area contributed by atoms with Crippen molar-refractivity contribution in [1.29, 1.82) is 0 Å². The van der Waals surface area contributed by atoms with Crippen LogP contribution in [0.15, 0.2) is 0 Å². The van der Waals surface area contributed by atoms with E-state index in [0.29, 0.717) is 13.1 Å². The van der Waals surface area contributed by atoms with Gasteiger partial charge in [-0.25, -0.2) is 0 Å². The van der Waals surface area contributed by atoms with Gasteiger partial charge < -0.3 is 20.5 Å². The van der Waals surface area contributed by atoms with Crippen molar-refractivity contribution in [3.63, 3.8) is 0 Å². The molecule has 0 aromatic carbocycles. The molecule has 1 aliphatic rings. The molecule has 1 atom stereocenters. The molecule has 1 rings (SSSR count). The van der Waals surface area contributed by atoms with Gasteiger partial charge in [0.2, 0.25) is 0 Å². The van der Waals surface area contributed by atoms with E-state index < -0.39 is 23.2 Å². The molecule has 0 bridgehead atoms. The summed E-state index contributed by atoms with van der Waals surface area (Å²) >= 11 is 0. The second-order valence-corrected chi connectivity index (χ2v) is 4.88. The van der Waals surface area contributed by atoms with E-state index in [1.165, 1.54) is 0 Å². The summed E-state index contributed by atoms with van der Waals surface area (Å²) in [6.45, 7) is 6.62. The summed E-state index contributed by atoms with van der Waals surface area (Å²) in [4.78, 5) is 11.7. The van der Waals surface area contributed by atoms with E-state index in [1.807, 2.05) is 20.8 Å². The molecule has 5 heteroatoms. The van der Waals surface area contributed by atoms with Gasteiger partial charge in [-0.2, -0.15) is 0 Å². The number of nitrogens with one attached hydrogen (secondary N) is 1. The van der Waals surface area contributed by atoms with Crippen molar-refractivity contribution < 1.29 is 14.3 Å². The highest BCUT2D eigenvalue weighted by atomic mass is 16.6. The molecule has 0 radical (unpaired) electrons. The SMILES string of the molecule is COC1(C(N)C(=O)OC(C)(C)C)CNC1. The molecule has 1 aliphatic heterocycles. The zero-order valence-corrected chi connectivity index (χ0v) is 9.79. The largest absolute Gasteiger partial charge is 0.459 e. The molecule has 0 aromatic heterocycles. The predicted molar refractivity (Wildman–Crippen MR) is 56.4 cm³/mol. The first-order valence-corrected chi connectivity index (χ1v) is 5.05. The third kappa shape index (κ3) is 2.68. The van der Waals surface area contributed by atoms with Gasteiger partial charge in [0.1, 0.15) is 17.2 Å². The first kappa shape index (κ1) is 12.4. The zero-order chi connectivity index (χ0) is 11.7. The molecule has 0 amide bonds. The summed E-state index contributed by atoms with van der Waals surface area (Å²) in [7, 11) is 1.56. The maximum atomic E-state index is 11.7. The summed E-state index contributed by atoms with van der Waals surface area (Å²) < 4.78 is 10.5. The Balaban J connectivity index is 2.60. The summed E-state index contributed by atoms with van der Waals surface area (Å²) in [6, 6.07) is -0.733. The molecule has 3 N–H and O–H groups in total. The van der Waals surface area contributed by atoms with Crippen molar-refractivity contribution >= 4 is 5.97 Å². The van der Waals surface area contributed by atoms with Crippen LogP contribution >= 0.6 is 0 Å². The van der Waals surface area contributed by atoms with Gasteiger partial charge in [-0.05, 0) is 20.8 Å². The van der Waals surface area contributed by atoms with Crippen molar-refractivity contribution in [3.05, 3.63) is 0 Å². The van der Waals surface area contributed by atoms with E-state index >= 15 is 0 Å². The highest BCUT2D eigenvalue weighted by molar-refractivity contribution is 5.78. The fraction of sp³-hybridized carbons (Fsp3) is 0.900. The number of hydrogen-bond donors (Lipinski definition) is 2. The third-order valence-electron chi connectivity index (χ3n) is 2.48. The van der Waals surface area contributed by atoms with Gasteiger partial charge in [-0.3, -0.25) is 4.79 Å². The van der Waals surface area contributed by atoms with E-state index in [9.17, 15) is 4.79 Å². The molecular weight excluding hydrogens is 196 g/mol. The first-order chi connectivity index (χ1) is 6.81. The Labute approximate surface area is 90.3 Å². The Bertz CT molecular complexity index is 238. The van der Waals surface area contributed by atoms with Gasteiger partial charge in [0.25, 0.3) is 0 Å². The van der Waals surface area contributed by atoms with Gasteiger partial charge in [-0.15, -0.1) is 0 Å². The number of carbonyl (C=O) groups excluding carboxylic acids is 1. The fourth-order valence-electron chi connectivity index (χ4n) is 1.44. The normalized spacial score (nSPS) is 21.7. The highest BCUT2D eigenvalue weighted by Gasteiger charge is 2.47. The molecule has 5 nitrogen and oxygen atoms in total. The molecule has 1 fully saturated rings. The molecule has 0 spiro atoms. The molecule has 88 valence electrons. The summed E-state index contributed by atoms with van der Waals surface area (Å²) in [5.74, 6) is -0.411. The highest BCUT2D eigenvalue weighted by Crippen LogP contribution is 2.21. The topological polar surface area (TPSA) is 73.6 Å². The number of nitrogens with two attached hydrogens (primary N) is 1. The lowest BCUT2D eigenvalue weighted by atomic mass is 9.88. The molecule has 15 heavy (non-hydrogen) atoms. The van der Waals surface area contributed by atoms with Crippen LogP contribution in [0.25, 0.3) is 0 Å². The standard InChI is InChI=1S/C10H20N2O3/c1-9(2,3)15-8(13)7(11)10(14-4)5-12-6-10/h7,12H,5-6,11H2,1-4H3. The molecule has 1 unspecified atom stereocenters. The molecule has 1 heterocycles. The predicted octanol–water partition coefficient (Wildman–Crippen LogP) is -0.356. The van der Waals surface area contributed by atoms with E-state index in [2.05, 4.69) is 5.32 Å². The Kier molecular flexibility index (Phi) is 3.38. The van der Waals surface area contributed by atoms with Crippen LogP contribution in [0.2, 0.25) is 0 Å². The molecular formula is C10H20N2O3. The third-order valence-corrected chi connectivity index (χ3v) is 2.48. The fourth-order valence-corrected chi connectivity index (χ4v) is 1.44. The Morgan fingerprint density at radius 2 is 2.00 bits per heavy atom. The van der Waals surface area contributed by atoms with E-state index in [0.717, 1.165) is 0 Å². The minimum atomic E-state index is -0.733. The second-order valence-electron chi connectivity index (χ2n) is 4.88. The van der Waals surface area contributed by atoms with Gasteiger partial charge in [0.15, 0.2) is 0 Å². The smallest absolute Gasteiger partial charge is 0.326 e. The lowest BCUT2D eigenvalue weighted by Gasteiger charge is -2.44. The second kappa shape index (κ2) is 4.08. The Morgan fingerprint density at radius 3 is 2.27 bits per heavy atom. The van der Waals surface area contributed by atoms with Gasteiger partial charge in [0.05, 0.1) is 0 Å². The number of carbonyl (C=O) groups is 1. The zero-order valence-electron chi connectivity index (χ0n) is 9.79. The summed E-state index contributed by atoms with van der Waals surface area (Å²) in [5, 5.41) is 3.04. The van der Waals surface area contributed by atoms with Crippen LogP contribution in [0.3, 0.4) is 0 Å². The van der Waals surface area contributed by atoms with Gasteiger partial charge in [-0.1, -0.05) is 0 Å². The van der Waals surface area contributed by atoms with Gasteiger partial charge >= 0.3 is 5.97 Å². The van der Waals surface area contributed by atoms with E-state index in [4.69, 9.17) is 15.2 Å². The molecule has 0 aliphatic carbocycles. The minimum Gasteiger partial charge on any atom is -0.459 e. The first-order valence-electron chi connectivity index (χ1n) is 5.05. The van der Waals surface area contributed by atoms with Crippen LogP contribution < -0.4 is 11.1 Å². The number of hydrogen-bond acceptors (Lipinski definition) is 5. The lowest BCUT2D eigenvalue weighted by Crippen LogP contribution is -2.71. The average molecular weight is 216 g/mol. The van der Waals surface area contributed by atoms with Crippen LogP contribution in [0.1, 0.15) is 20.8 Å². The van der Waals surface area contributed by atoms with Crippen LogP contribution in [0.4, 0.5) is 0 Å².